The molecule has 0 spiro atoms. The number of carboxylic acid groups (broad SMARTS) is 1. The summed E-state index contributed by atoms with van der Waals surface area (Å²) in [6, 6.07) is -0.449. The Morgan fingerprint density at radius 3 is 2.17 bits per heavy atom. The van der Waals surface area contributed by atoms with E-state index in [1.807, 2.05) is 39.5 Å². The summed E-state index contributed by atoms with van der Waals surface area (Å²) in [6.07, 6.45) is 0.0512. The van der Waals surface area contributed by atoms with Crippen molar-refractivity contribution in [2.45, 2.75) is 53.1 Å². The summed E-state index contributed by atoms with van der Waals surface area (Å²) >= 11 is 0. The van der Waals surface area contributed by atoms with Crippen molar-refractivity contribution in [2.75, 3.05) is 13.1 Å². The summed E-state index contributed by atoms with van der Waals surface area (Å²) in [5, 5.41) is 11.7. The SMILES string of the molecule is CCN(C(C)CC(=O)O)C(C)C(=O)NCC(C)C. The van der Waals surface area contributed by atoms with Crippen molar-refractivity contribution < 1.29 is 14.7 Å². The second kappa shape index (κ2) is 8.08. The van der Waals surface area contributed by atoms with Gasteiger partial charge in [-0.15, -0.1) is 0 Å². The van der Waals surface area contributed by atoms with E-state index in [1.54, 1.807) is 0 Å². The predicted molar refractivity (Wildman–Crippen MR) is 71.4 cm³/mol. The van der Waals surface area contributed by atoms with Gasteiger partial charge in [0, 0.05) is 12.6 Å². The van der Waals surface area contributed by atoms with E-state index in [0.717, 1.165) is 0 Å². The van der Waals surface area contributed by atoms with Gasteiger partial charge in [0.15, 0.2) is 0 Å². The lowest BCUT2D eigenvalue weighted by Crippen LogP contribution is -2.49. The molecule has 2 unspecified atom stereocenters. The maximum atomic E-state index is 11.9. The van der Waals surface area contributed by atoms with Gasteiger partial charge >= 0.3 is 5.97 Å². The minimum atomic E-state index is -0.837. The average molecular weight is 258 g/mol. The van der Waals surface area contributed by atoms with E-state index >= 15 is 0 Å². The van der Waals surface area contributed by atoms with Crippen LogP contribution >= 0.6 is 0 Å². The second-order valence-corrected chi connectivity index (χ2v) is 5.09. The van der Waals surface area contributed by atoms with E-state index in [4.69, 9.17) is 5.11 Å². The van der Waals surface area contributed by atoms with Crippen LogP contribution in [0.25, 0.3) is 0 Å². The topological polar surface area (TPSA) is 69.6 Å². The third kappa shape index (κ3) is 6.00. The Morgan fingerprint density at radius 2 is 1.78 bits per heavy atom. The van der Waals surface area contributed by atoms with Crippen LogP contribution in [0.2, 0.25) is 0 Å². The van der Waals surface area contributed by atoms with Gasteiger partial charge in [-0.3, -0.25) is 14.5 Å². The molecule has 2 atom stereocenters. The maximum absolute atomic E-state index is 11.9. The summed E-state index contributed by atoms with van der Waals surface area (Å²) in [5.41, 5.74) is 0. The fourth-order valence-electron chi connectivity index (χ4n) is 1.94. The van der Waals surface area contributed by atoms with Crippen LogP contribution in [0.15, 0.2) is 0 Å². The van der Waals surface area contributed by atoms with Crippen molar-refractivity contribution >= 4 is 11.9 Å². The van der Waals surface area contributed by atoms with Gasteiger partial charge in [-0.2, -0.15) is 0 Å². The number of carbonyl (C=O) groups is 2. The van der Waals surface area contributed by atoms with Gasteiger partial charge < -0.3 is 10.4 Å². The highest BCUT2D eigenvalue weighted by atomic mass is 16.4. The molecule has 5 heteroatoms. The average Bonchev–Trinajstić information content (AvgIpc) is 2.25. The van der Waals surface area contributed by atoms with Gasteiger partial charge in [-0.25, -0.2) is 0 Å². The number of hydrogen-bond acceptors (Lipinski definition) is 3. The van der Waals surface area contributed by atoms with E-state index in [1.165, 1.54) is 0 Å². The fraction of sp³-hybridized carbons (Fsp3) is 0.846. The Hall–Kier alpha value is -1.10. The van der Waals surface area contributed by atoms with Crippen LogP contribution in [0.5, 0.6) is 0 Å². The third-order valence-electron chi connectivity index (χ3n) is 2.96. The summed E-state index contributed by atoms with van der Waals surface area (Å²) in [5.74, 6) is -0.466. The zero-order valence-corrected chi connectivity index (χ0v) is 12.1. The lowest BCUT2D eigenvalue weighted by Gasteiger charge is -2.32. The molecular formula is C13H26N2O3. The van der Waals surface area contributed by atoms with E-state index in [2.05, 4.69) is 5.32 Å². The van der Waals surface area contributed by atoms with Gasteiger partial charge in [-0.1, -0.05) is 20.8 Å². The highest BCUT2D eigenvalue weighted by Gasteiger charge is 2.25. The molecule has 0 fully saturated rings. The first-order valence-corrected chi connectivity index (χ1v) is 6.54. The maximum Gasteiger partial charge on any atom is 0.304 e. The zero-order chi connectivity index (χ0) is 14.3. The molecule has 5 nitrogen and oxygen atoms in total. The molecule has 0 heterocycles. The Morgan fingerprint density at radius 1 is 1.22 bits per heavy atom. The predicted octanol–water partition coefficient (Wildman–Crippen LogP) is 1.33. The number of rotatable bonds is 8. The summed E-state index contributed by atoms with van der Waals surface area (Å²) in [7, 11) is 0. The molecule has 0 bridgehead atoms. The molecule has 0 radical (unpaired) electrons. The van der Waals surface area contributed by atoms with Crippen LogP contribution < -0.4 is 5.32 Å². The smallest absolute Gasteiger partial charge is 0.304 e. The first kappa shape index (κ1) is 16.9. The highest BCUT2D eigenvalue weighted by molar-refractivity contribution is 5.81. The standard InChI is InChI=1S/C13H26N2O3/c1-6-15(10(4)7-12(16)17)11(5)13(18)14-8-9(2)3/h9-11H,6-8H2,1-5H3,(H,14,18)(H,16,17). The monoisotopic (exact) mass is 258 g/mol. The van der Waals surface area contributed by atoms with Crippen molar-refractivity contribution in [3.63, 3.8) is 0 Å². The molecule has 106 valence electrons. The minimum absolute atomic E-state index is 0.0391. The van der Waals surface area contributed by atoms with Gasteiger partial charge in [-0.05, 0) is 26.3 Å². The number of hydrogen-bond donors (Lipinski definition) is 2. The summed E-state index contributed by atoms with van der Waals surface area (Å²) in [6.45, 7) is 11.0. The summed E-state index contributed by atoms with van der Waals surface area (Å²) < 4.78 is 0. The lowest BCUT2D eigenvalue weighted by atomic mass is 10.1. The molecule has 0 saturated heterocycles. The van der Waals surface area contributed by atoms with Crippen LogP contribution in [0.3, 0.4) is 0 Å². The Kier molecular flexibility index (Phi) is 7.59. The highest BCUT2D eigenvalue weighted by Crippen LogP contribution is 2.09. The van der Waals surface area contributed by atoms with Gasteiger partial charge in [0.05, 0.1) is 12.5 Å². The lowest BCUT2D eigenvalue weighted by molar-refractivity contribution is -0.139. The Balaban J connectivity index is 4.44. The molecule has 18 heavy (non-hydrogen) atoms. The third-order valence-corrected chi connectivity index (χ3v) is 2.96. The normalized spacial score (nSPS) is 14.6. The number of nitrogens with one attached hydrogen (secondary N) is 1. The molecule has 0 aromatic carbocycles. The number of aliphatic carboxylic acids is 1. The molecular weight excluding hydrogens is 232 g/mol. The first-order chi connectivity index (χ1) is 8.29. The zero-order valence-electron chi connectivity index (χ0n) is 12.1. The molecule has 0 saturated carbocycles. The van der Waals surface area contributed by atoms with Crippen molar-refractivity contribution in [3.05, 3.63) is 0 Å². The van der Waals surface area contributed by atoms with E-state index in [9.17, 15) is 9.59 Å². The number of carboxylic acids is 1. The van der Waals surface area contributed by atoms with Crippen LogP contribution in [0.4, 0.5) is 0 Å². The van der Waals surface area contributed by atoms with Crippen LogP contribution in [0.1, 0.15) is 41.0 Å². The minimum Gasteiger partial charge on any atom is -0.481 e. The van der Waals surface area contributed by atoms with Crippen molar-refractivity contribution in [1.29, 1.82) is 0 Å². The Labute approximate surface area is 110 Å². The van der Waals surface area contributed by atoms with Gasteiger partial charge in [0.2, 0.25) is 5.91 Å². The molecule has 0 aliphatic heterocycles. The van der Waals surface area contributed by atoms with Crippen molar-refractivity contribution in [1.82, 2.24) is 10.2 Å². The summed E-state index contributed by atoms with van der Waals surface area (Å²) in [4.78, 5) is 24.6. The quantitative estimate of drug-likeness (QED) is 0.689. The van der Waals surface area contributed by atoms with E-state index in [0.29, 0.717) is 19.0 Å². The number of nitrogens with zero attached hydrogens (tertiary/aromatic N) is 1. The van der Waals surface area contributed by atoms with Crippen LogP contribution in [0, 0.1) is 5.92 Å². The number of amides is 1. The molecule has 2 N–H and O–H groups in total. The molecule has 0 rings (SSSR count). The van der Waals surface area contributed by atoms with E-state index < -0.39 is 5.97 Å². The van der Waals surface area contributed by atoms with Crippen molar-refractivity contribution in [2.24, 2.45) is 5.92 Å². The number of likely N-dealkylation sites (N-methyl/N-ethyl adjacent to an activating group) is 1. The molecule has 1 amide bonds. The van der Waals surface area contributed by atoms with Gasteiger partial charge in [0.1, 0.15) is 0 Å². The second-order valence-electron chi connectivity index (χ2n) is 5.09. The molecule has 0 aromatic heterocycles. The molecule has 0 aromatic rings. The van der Waals surface area contributed by atoms with Crippen LogP contribution in [-0.2, 0) is 9.59 Å². The molecule has 0 aliphatic rings. The number of carbonyl (C=O) groups excluding carboxylic acids is 1. The van der Waals surface area contributed by atoms with Crippen LogP contribution in [-0.4, -0.2) is 47.1 Å². The first-order valence-electron chi connectivity index (χ1n) is 6.54. The Bertz CT molecular complexity index is 279. The largest absolute Gasteiger partial charge is 0.481 e. The van der Waals surface area contributed by atoms with Crippen molar-refractivity contribution in [3.8, 4) is 0 Å². The molecule has 0 aliphatic carbocycles. The van der Waals surface area contributed by atoms with Gasteiger partial charge in [0.25, 0.3) is 0 Å². The van der Waals surface area contributed by atoms with E-state index in [-0.39, 0.29) is 24.4 Å². The fourth-order valence-corrected chi connectivity index (χ4v) is 1.94.